The van der Waals surface area contributed by atoms with Crippen LogP contribution in [0.1, 0.15) is 24.8 Å². The van der Waals surface area contributed by atoms with Gasteiger partial charge in [-0.15, -0.1) is 0 Å². The SMILES string of the molecule is COC(=O)C1(Cc2ccccc2[N+](=O)[O-])CCC1. The van der Waals surface area contributed by atoms with Gasteiger partial charge < -0.3 is 4.74 Å². The molecule has 0 N–H and O–H groups in total. The van der Waals surface area contributed by atoms with E-state index in [2.05, 4.69) is 0 Å². The molecule has 1 saturated carbocycles. The van der Waals surface area contributed by atoms with Crippen molar-refractivity contribution in [3.8, 4) is 0 Å². The molecule has 0 spiro atoms. The molecular weight excluding hydrogens is 234 g/mol. The third kappa shape index (κ3) is 2.08. The van der Waals surface area contributed by atoms with Crippen molar-refractivity contribution in [1.82, 2.24) is 0 Å². The van der Waals surface area contributed by atoms with Gasteiger partial charge in [-0.05, 0) is 19.3 Å². The fourth-order valence-electron chi connectivity index (χ4n) is 2.48. The average molecular weight is 249 g/mol. The first-order valence-corrected chi connectivity index (χ1v) is 5.90. The number of nitrogens with zero attached hydrogens (tertiary/aromatic N) is 1. The van der Waals surface area contributed by atoms with Crippen LogP contribution in [0.3, 0.4) is 0 Å². The molecule has 1 aliphatic carbocycles. The van der Waals surface area contributed by atoms with Crippen LogP contribution in [0.4, 0.5) is 5.69 Å². The summed E-state index contributed by atoms with van der Waals surface area (Å²) in [6.07, 6.45) is 2.84. The minimum absolute atomic E-state index is 0.0766. The third-order valence-corrected chi connectivity index (χ3v) is 3.65. The van der Waals surface area contributed by atoms with E-state index in [1.807, 2.05) is 0 Å². The molecule has 0 heterocycles. The topological polar surface area (TPSA) is 69.4 Å². The molecule has 1 aromatic rings. The predicted molar refractivity (Wildman–Crippen MR) is 65.1 cm³/mol. The zero-order valence-electron chi connectivity index (χ0n) is 10.2. The second kappa shape index (κ2) is 4.76. The molecule has 18 heavy (non-hydrogen) atoms. The molecule has 0 saturated heterocycles. The highest BCUT2D eigenvalue weighted by Crippen LogP contribution is 2.45. The number of carbonyl (C=O) groups is 1. The number of hydrogen-bond acceptors (Lipinski definition) is 4. The number of hydrogen-bond donors (Lipinski definition) is 0. The van der Waals surface area contributed by atoms with Crippen LogP contribution in [0.15, 0.2) is 24.3 Å². The van der Waals surface area contributed by atoms with Gasteiger partial charge in [0.25, 0.3) is 5.69 Å². The van der Waals surface area contributed by atoms with Gasteiger partial charge in [0, 0.05) is 11.6 Å². The highest BCUT2D eigenvalue weighted by molar-refractivity contribution is 5.78. The quantitative estimate of drug-likeness (QED) is 0.467. The molecule has 0 atom stereocenters. The van der Waals surface area contributed by atoms with Crippen molar-refractivity contribution in [3.05, 3.63) is 39.9 Å². The lowest BCUT2D eigenvalue weighted by atomic mass is 9.65. The monoisotopic (exact) mass is 249 g/mol. The molecule has 5 heteroatoms. The Kier molecular flexibility index (Phi) is 3.32. The van der Waals surface area contributed by atoms with Gasteiger partial charge in [0.1, 0.15) is 0 Å². The van der Waals surface area contributed by atoms with Crippen LogP contribution in [-0.2, 0) is 16.0 Å². The van der Waals surface area contributed by atoms with E-state index in [1.165, 1.54) is 13.2 Å². The van der Waals surface area contributed by atoms with Crippen molar-refractivity contribution < 1.29 is 14.5 Å². The largest absolute Gasteiger partial charge is 0.469 e. The molecule has 96 valence electrons. The molecule has 0 unspecified atom stereocenters. The summed E-state index contributed by atoms with van der Waals surface area (Å²) >= 11 is 0. The molecule has 5 nitrogen and oxygen atoms in total. The number of nitro benzene ring substituents is 1. The Balaban J connectivity index is 2.28. The molecule has 1 aliphatic rings. The number of carbonyl (C=O) groups excluding carboxylic acids is 1. The number of esters is 1. The van der Waals surface area contributed by atoms with Crippen LogP contribution in [0, 0.1) is 15.5 Å². The zero-order valence-corrected chi connectivity index (χ0v) is 10.2. The summed E-state index contributed by atoms with van der Waals surface area (Å²) in [7, 11) is 1.36. The maximum atomic E-state index is 11.8. The molecule has 0 amide bonds. The Bertz CT molecular complexity index is 480. The fraction of sp³-hybridized carbons (Fsp3) is 0.462. The van der Waals surface area contributed by atoms with Gasteiger partial charge in [0.15, 0.2) is 0 Å². The van der Waals surface area contributed by atoms with Gasteiger partial charge in [-0.2, -0.15) is 0 Å². The molecular formula is C13H15NO4. The Morgan fingerprint density at radius 2 is 2.11 bits per heavy atom. The highest BCUT2D eigenvalue weighted by atomic mass is 16.6. The van der Waals surface area contributed by atoms with E-state index in [-0.39, 0.29) is 11.7 Å². The van der Waals surface area contributed by atoms with Gasteiger partial charge >= 0.3 is 5.97 Å². The number of para-hydroxylation sites is 1. The Morgan fingerprint density at radius 1 is 1.44 bits per heavy atom. The van der Waals surface area contributed by atoms with Crippen molar-refractivity contribution in [2.24, 2.45) is 5.41 Å². The lowest BCUT2D eigenvalue weighted by Crippen LogP contribution is -2.41. The lowest BCUT2D eigenvalue weighted by Gasteiger charge is -2.38. The van der Waals surface area contributed by atoms with E-state index in [4.69, 9.17) is 4.74 Å². The van der Waals surface area contributed by atoms with Crippen molar-refractivity contribution in [2.75, 3.05) is 7.11 Å². The first-order chi connectivity index (χ1) is 8.59. The summed E-state index contributed by atoms with van der Waals surface area (Å²) in [6.45, 7) is 0. The number of ether oxygens (including phenoxy) is 1. The van der Waals surface area contributed by atoms with E-state index in [9.17, 15) is 14.9 Å². The molecule has 0 bridgehead atoms. The fourth-order valence-corrected chi connectivity index (χ4v) is 2.48. The maximum absolute atomic E-state index is 11.8. The molecule has 0 aromatic heterocycles. The number of methoxy groups -OCH3 is 1. The summed E-state index contributed by atoms with van der Waals surface area (Å²) in [4.78, 5) is 22.3. The van der Waals surface area contributed by atoms with E-state index in [1.54, 1.807) is 18.2 Å². The summed E-state index contributed by atoms with van der Waals surface area (Å²) in [6, 6.07) is 6.57. The van der Waals surface area contributed by atoms with Crippen molar-refractivity contribution in [3.63, 3.8) is 0 Å². The molecule has 2 rings (SSSR count). The molecule has 0 aliphatic heterocycles. The number of benzene rings is 1. The maximum Gasteiger partial charge on any atom is 0.312 e. The first kappa shape index (κ1) is 12.5. The van der Waals surface area contributed by atoms with Crippen LogP contribution in [0.2, 0.25) is 0 Å². The smallest absolute Gasteiger partial charge is 0.312 e. The second-order valence-electron chi connectivity index (χ2n) is 4.69. The molecule has 1 fully saturated rings. The van der Waals surface area contributed by atoms with E-state index >= 15 is 0 Å². The summed E-state index contributed by atoms with van der Waals surface area (Å²) in [5.41, 5.74) is 0.126. The van der Waals surface area contributed by atoms with E-state index < -0.39 is 10.3 Å². The van der Waals surface area contributed by atoms with Crippen molar-refractivity contribution in [1.29, 1.82) is 0 Å². The van der Waals surface area contributed by atoms with E-state index in [0.717, 1.165) is 19.3 Å². The number of nitro groups is 1. The van der Waals surface area contributed by atoms with Crippen LogP contribution < -0.4 is 0 Å². The Labute approximate surface area is 105 Å². The van der Waals surface area contributed by atoms with Crippen LogP contribution in [0.5, 0.6) is 0 Å². The van der Waals surface area contributed by atoms with Crippen molar-refractivity contribution >= 4 is 11.7 Å². The minimum Gasteiger partial charge on any atom is -0.469 e. The average Bonchev–Trinajstić information content (AvgIpc) is 2.33. The predicted octanol–water partition coefficient (Wildman–Crippen LogP) is 2.48. The first-order valence-electron chi connectivity index (χ1n) is 5.90. The Hall–Kier alpha value is -1.91. The second-order valence-corrected chi connectivity index (χ2v) is 4.69. The lowest BCUT2D eigenvalue weighted by molar-refractivity contribution is -0.385. The molecule has 0 radical (unpaired) electrons. The summed E-state index contributed by atoms with van der Waals surface area (Å²) in [5, 5.41) is 10.9. The minimum atomic E-state index is -0.555. The number of rotatable bonds is 4. The van der Waals surface area contributed by atoms with Crippen LogP contribution in [0.25, 0.3) is 0 Å². The standard InChI is InChI=1S/C13H15NO4/c1-18-12(15)13(7-4-8-13)9-10-5-2-3-6-11(10)14(16)17/h2-3,5-6H,4,7-9H2,1H3. The van der Waals surface area contributed by atoms with Gasteiger partial charge in [0.2, 0.25) is 0 Å². The van der Waals surface area contributed by atoms with Crippen LogP contribution >= 0.6 is 0 Å². The van der Waals surface area contributed by atoms with Gasteiger partial charge in [-0.3, -0.25) is 14.9 Å². The summed E-state index contributed by atoms with van der Waals surface area (Å²) < 4.78 is 4.82. The Morgan fingerprint density at radius 3 is 2.61 bits per heavy atom. The third-order valence-electron chi connectivity index (χ3n) is 3.65. The molecule has 1 aromatic carbocycles. The zero-order chi connectivity index (χ0) is 13.2. The van der Waals surface area contributed by atoms with Crippen molar-refractivity contribution in [2.45, 2.75) is 25.7 Å². The van der Waals surface area contributed by atoms with Gasteiger partial charge in [0.05, 0.1) is 17.4 Å². The van der Waals surface area contributed by atoms with Crippen LogP contribution in [-0.4, -0.2) is 18.0 Å². The van der Waals surface area contributed by atoms with Gasteiger partial charge in [-0.1, -0.05) is 24.6 Å². The van der Waals surface area contributed by atoms with E-state index in [0.29, 0.717) is 12.0 Å². The summed E-state index contributed by atoms with van der Waals surface area (Å²) in [5.74, 6) is -0.257. The van der Waals surface area contributed by atoms with Gasteiger partial charge in [-0.25, -0.2) is 0 Å². The highest BCUT2D eigenvalue weighted by Gasteiger charge is 2.46. The normalized spacial score (nSPS) is 16.7.